The Morgan fingerprint density at radius 1 is 1.26 bits per heavy atom. The van der Waals surface area contributed by atoms with E-state index in [1.807, 2.05) is 18.2 Å². The van der Waals surface area contributed by atoms with Gasteiger partial charge in [0.05, 0.1) is 0 Å². The summed E-state index contributed by atoms with van der Waals surface area (Å²) in [4.78, 5) is 26.3. The first kappa shape index (κ1) is 16.0. The van der Waals surface area contributed by atoms with Crippen molar-refractivity contribution in [3.8, 4) is 0 Å². The molecule has 0 radical (unpaired) electrons. The largest absolute Gasteiger partial charge is 0.375 e. The minimum Gasteiger partial charge on any atom is -0.375 e. The molecule has 3 rings (SSSR count). The van der Waals surface area contributed by atoms with Gasteiger partial charge in [-0.05, 0) is 43.4 Å². The molecule has 1 fully saturated rings. The number of ether oxygens (including phenoxy) is 1. The van der Waals surface area contributed by atoms with E-state index < -0.39 is 0 Å². The molecule has 0 atom stereocenters. The van der Waals surface area contributed by atoms with E-state index in [2.05, 4.69) is 5.32 Å². The molecule has 1 aliphatic carbocycles. The number of aryl methyl sites for hydroxylation is 1. The zero-order valence-electron chi connectivity index (χ0n) is 13.6. The van der Waals surface area contributed by atoms with Crippen LogP contribution in [-0.4, -0.2) is 32.1 Å². The van der Waals surface area contributed by atoms with Gasteiger partial charge in [0.2, 0.25) is 5.91 Å². The fourth-order valence-corrected chi connectivity index (χ4v) is 3.55. The van der Waals surface area contributed by atoms with E-state index in [-0.39, 0.29) is 24.3 Å². The molecular weight excluding hydrogens is 292 g/mol. The third-order valence-electron chi connectivity index (χ3n) is 4.77. The highest BCUT2D eigenvalue weighted by Gasteiger charge is 2.25. The van der Waals surface area contributed by atoms with Crippen molar-refractivity contribution < 1.29 is 14.3 Å². The lowest BCUT2D eigenvalue weighted by atomic mass is 10.0. The number of hydrogen-bond donors (Lipinski definition) is 1. The van der Waals surface area contributed by atoms with Gasteiger partial charge in [-0.2, -0.15) is 0 Å². The summed E-state index contributed by atoms with van der Waals surface area (Å²) in [6.07, 6.45) is 6.16. The molecule has 1 aromatic rings. The number of carbonyl (C=O) groups excluding carboxylic acids is 2. The Labute approximate surface area is 137 Å². The number of hydrogen-bond acceptors (Lipinski definition) is 3. The van der Waals surface area contributed by atoms with Crippen molar-refractivity contribution in [2.24, 2.45) is 5.92 Å². The minimum atomic E-state index is -0.0345. The van der Waals surface area contributed by atoms with Crippen molar-refractivity contribution in [3.05, 3.63) is 23.8 Å². The Morgan fingerprint density at radius 3 is 2.78 bits per heavy atom. The maximum Gasteiger partial charge on any atom is 0.252 e. The fraction of sp³-hybridized carbons (Fsp3) is 0.556. The lowest BCUT2D eigenvalue weighted by Gasteiger charge is -2.30. The maximum atomic E-state index is 12.3. The molecule has 1 saturated carbocycles. The Bertz CT molecular complexity index is 594. The molecule has 0 bridgehead atoms. The van der Waals surface area contributed by atoms with Crippen LogP contribution in [0.1, 0.15) is 37.7 Å². The van der Waals surface area contributed by atoms with Crippen molar-refractivity contribution in [1.29, 1.82) is 0 Å². The zero-order valence-corrected chi connectivity index (χ0v) is 13.6. The third kappa shape index (κ3) is 3.55. The molecule has 0 saturated heterocycles. The fourth-order valence-electron chi connectivity index (χ4n) is 3.55. The maximum absolute atomic E-state index is 12.3. The number of anilines is 2. The highest BCUT2D eigenvalue weighted by atomic mass is 16.5. The lowest BCUT2D eigenvalue weighted by molar-refractivity contribution is -0.122. The van der Waals surface area contributed by atoms with Crippen LogP contribution in [0.4, 0.5) is 11.4 Å². The van der Waals surface area contributed by atoms with Gasteiger partial charge < -0.3 is 15.0 Å². The summed E-state index contributed by atoms with van der Waals surface area (Å²) in [5.41, 5.74) is 2.83. The van der Waals surface area contributed by atoms with Crippen molar-refractivity contribution in [2.45, 2.75) is 38.5 Å². The molecule has 0 spiro atoms. The second kappa shape index (κ2) is 7.13. The molecule has 1 aromatic carbocycles. The molecule has 124 valence electrons. The van der Waals surface area contributed by atoms with Gasteiger partial charge in [0.15, 0.2) is 0 Å². The summed E-state index contributed by atoms with van der Waals surface area (Å²) in [6.45, 7) is 0.785. The van der Waals surface area contributed by atoms with Crippen LogP contribution in [0.25, 0.3) is 0 Å². The standard InChI is InChI=1S/C18H24N2O3/c1-23-12-17(21)20-10-4-7-13-8-9-15(11-16(13)20)19-18(22)14-5-2-3-6-14/h8-9,11,14H,2-7,10,12H2,1H3,(H,19,22). The SMILES string of the molecule is COCC(=O)N1CCCc2ccc(NC(=O)C3CCCC3)cc21. The predicted octanol–water partition coefficient (Wildman–Crippen LogP) is 2.74. The van der Waals surface area contributed by atoms with E-state index in [0.29, 0.717) is 6.54 Å². The number of carbonyl (C=O) groups is 2. The van der Waals surface area contributed by atoms with Gasteiger partial charge in [-0.25, -0.2) is 0 Å². The van der Waals surface area contributed by atoms with Gasteiger partial charge in [0.1, 0.15) is 6.61 Å². The zero-order chi connectivity index (χ0) is 16.2. The average Bonchev–Trinajstić information content (AvgIpc) is 3.09. The van der Waals surface area contributed by atoms with Gasteiger partial charge in [-0.15, -0.1) is 0 Å². The summed E-state index contributed by atoms with van der Waals surface area (Å²) in [5.74, 6) is 0.206. The number of rotatable bonds is 4. The molecule has 2 aliphatic rings. The monoisotopic (exact) mass is 316 g/mol. The van der Waals surface area contributed by atoms with Crippen LogP contribution in [0, 0.1) is 5.92 Å². The van der Waals surface area contributed by atoms with Gasteiger partial charge >= 0.3 is 0 Å². The van der Waals surface area contributed by atoms with Crippen LogP contribution >= 0.6 is 0 Å². The van der Waals surface area contributed by atoms with Crippen molar-refractivity contribution in [2.75, 3.05) is 30.5 Å². The second-order valence-corrected chi connectivity index (χ2v) is 6.40. The summed E-state index contributed by atoms with van der Waals surface area (Å²) in [7, 11) is 1.53. The van der Waals surface area contributed by atoms with Crippen molar-refractivity contribution in [1.82, 2.24) is 0 Å². The van der Waals surface area contributed by atoms with Crippen LogP contribution in [0.15, 0.2) is 18.2 Å². The molecule has 0 aromatic heterocycles. The molecule has 23 heavy (non-hydrogen) atoms. The number of amides is 2. The quantitative estimate of drug-likeness (QED) is 0.929. The summed E-state index contributed by atoms with van der Waals surface area (Å²) in [6, 6.07) is 5.89. The van der Waals surface area contributed by atoms with Gasteiger partial charge in [0.25, 0.3) is 5.91 Å². The minimum absolute atomic E-state index is 0.0345. The molecule has 0 unspecified atom stereocenters. The number of benzene rings is 1. The van der Waals surface area contributed by atoms with Gasteiger partial charge in [-0.3, -0.25) is 9.59 Å². The number of nitrogens with zero attached hydrogens (tertiary/aromatic N) is 1. The van der Waals surface area contributed by atoms with E-state index in [9.17, 15) is 9.59 Å². The molecule has 2 amide bonds. The average molecular weight is 316 g/mol. The predicted molar refractivity (Wildman–Crippen MR) is 89.6 cm³/mol. The molecule has 1 N–H and O–H groups in total. The topological polar surface area (TPSA) is 58.6 Å². The molecule has 1 aliphatic heterocycles. The Morgan fingerprint density at radius 2 is 2.04 bits per heavy atom. The van der Waals surface area contributed by atoms with Crippen LogP contribution in [-0.2, 0) is 20.7 Å². The normalized spacial score (nSPS) is 17.9. The Balaban J connectivity index is 1.77. The van der Waals surface area contributed by atoms with E-state index in [0.717, 1.165) is 55.5 Å². The van der Waals surface area contributed by atoms with E-state index >= 15 is 0 Å². The second-order valence-electron chi connectivity index (χ2n) is 6.40. The Kier molecular flexibility index (Phi) is 4.96. The number of fused-ring (bicyclic) bond motifs is 1. The summed E-state index contributed by atoms with van der Waals surface area (Å²) >= 11 is 0. The smallest absolute Gasteiger partial charge is 0.252 e. The van der Waals surface area contributed by atoms with Crippen molar-refractivity contribution >= 4 is 23.2 Å². The first-order valence-electron chi connectivity index (χ1n) is 8.42. The first-order chi connectivity index (χ1) is 11.2. The molecule has 5 nitrogen and oxygen atoms in total. The molecule has 1 heterocycles. The van der Waals surface area contributed by atoms with Crippen LogP contribution in [0.3, 0.4) is 0 Å². The number of methoxy groups -OCH3 is 1. The third-order valence-corrected chi connectivity index (χ3v) is 4.77. The lowest BCUT2D eigenvalue weighted by Crippen LogP contribution is -2.37. The first-order valence-corrected chi connectivity index (χ1v) is 8.42. The van der Waals surface area contributed by atoms with Crippen molar-refractivity contribution in [3.63, 3.8) is 0 Å². The van der Waals surface area contributed by atoms with E-state index in [4.69, 9.17) is 4.74 Å². The number of nitrogens with one attached hydrogen (secondary N) is 1. The molecule has 5 heteroatoms. The van der Waals surface area contributed by atoms with Crippen LogP contribution in [0.2, 0.25) is 0 Å². The van der Waals surface area contributed by atoms with Gasteiger partial charge in [0, 0.05) is 30.9 Å². The van der Waals surface area contributed by atoms with E-state index in [1.54, 1.807) is 4.90 Å². The van der Waals surface area contributed by atoms with Crippen LogP contribution in [0.5, 0.6) is 0 Å². The molecular formula is C18H24N2O3. The highest BCUT2D eigenvalue weighted by Crippen LogP contribution is 2.31. The van der Waals surface area contributed by atoms with Gasteiger partial charge in [-0.1, -0.05) is 18.9 Å². The summed E-state index contributed by atoms with van der Waals surface area (Å²) < 4.78 is 4.97. The Hall–Kier alpha value is -1.88. The van der Waals surface area contributed by atoms with E-state index in [1.165, 1.54) is 7.11 Å². The van der Waals surface area contributed by atoms with Crippen LogP contribution < -0.4 is 10.2 Å². The summed E-state index contributed by atoms with van der Waals surface area (Å²) in [5, 5.41) is 3.02. The highest BCUT2D eigenvalue weighted by molar-refractivity contribution is 5.97.